The Balaban J connectivity index is 2.83. The molecule has 0 aliphatic heterocycles. The normalized spacial score (nSPS) is 9.00. The molecule has 0 rings (SSSR count). The third-order valence-corrected chi connectivity index (χ3v) is 0.742. The molecule has 0 bridgehead atoms. The second-order valence-corrected chi connectivity index (χ2v) is 1.49. The monoisotopic (exact) mass is 134 g/mol. The fourth-order valence-corrected chi connectivity index (χ4v) is 0.363. The van der Waals surface area contributed by atoms with Crippen molar-refractivity contribution in [3.63, 3.8) is 0 Å². The molecule has 1 amide bonds. The van der Waals surface area contributed by atoms with Gasteiger partial charge in [-0.25, -0.2) is 10.3 Å². The minimum Gasteiger partial charge on any atom is -0.465 e. The highest BCUT2D eigenvalue weighted by molar-refractivity contribution is 5.64. The van der Waals surface area contributed by atoms with E-state index < -0.39 is 6.09 Å². The van der Waals surface area contributed by atoms with E-state index in [0.29, 0.717) is 19.5 Å². The minimum absolute atomic E-state index is 0.364. The Hall–Kier alpha value is -0.810. The Kier molecular flexibility index (Phi) is 4.85. The molecule has 0 saturated carbocycles. The molecule has 0 spiro atoms. The van der Waals surface area contributed by atoms with Gasteiger partial charge in [-0.15, -0.1) is 0 Å². The second kappa shape index (κ2) is 5.33. The predicted octanol–water partition coefficient (Wildman–Crippen LogP) is -0.377. The van der Waals surface area contributed by atoms with Crippen molar-refractivity contribution >= 4 is 6.09 Å². The summed E-state index contributed by atoms with van der Waals surface area (Å²) in [4.78, 5) is 9.77. The third-order valence-electron chi connectivity index (χ3n) is 0.742. The van der Waals surface area contributed by atoms with Gasteiger partial charge in [0.2, 0.25) is 0 Å². The number of nitrogens with one attached hydrogen (secondary N) is 2. The lowest BCUT2D eigenvalue weighted by Crippen LogP contribution is -2.24. The van der Waals surface area contributed by atoms with Crippen molar-refractivity contribution < 1.29 is 15.1 Å². The molecule has 0 fully saturated rings. The molecular formula is C4H10N2O3. The van der Waals surface area contributed by atoms with Gasteiger partial charge in [0.05, 0.1) is 0 Å². The summed E-state index contributed by atoms with van der Waals surface area (Å²) in [7, 11) is 0. The van der Waals surface area contributed by atoms with E-state index in [1.165, 1.54) is 0 Å². The molecule has 0 radical (unpaired) electrons. The zero-order chi connectivity index (χ0) is 7.11. The average molecular weight is 134 g/mol. The molecule has 9 heavy (non-hydrogen) atoms. The molecule has 5 heteroatoms. The Morgan fingerprint density at radius 3 is 2.56 bits per heavy atom. The summed E-state index contributed by atoms with van der Waals surface area (Å²) in [5.41, 5.74) is 1.91. The predicted molar refractivity (Wildman–Crippen MR) is 30.4 cm³/mol. The standard InChI is InChI=1S/C4H10N2O3/c7-4(8)5-2-1-3-6-9/h5-6,9H,1-3H2,(H,7,8). The maximum absolute atomic E-state index is 9.77. The first kappa shape index (κ1) is 8.19. The minimum atomic E-state index is -1.03. The van der Waals surface area contributed by atoms with Gasteiger partial charge < -0.3 is 15.6 Å². The lowest BCUT2D eigenvalue weighted by molar-refractivity contribution is 0.164. The Morgan fingerprint density at radius 2 is 2.11 bits per heavy atom. The number of carbonyl (C=O) groups is 1. The van der Waals surface area contributed by atoms with Gasteiger partial charge in [0.1, 0.15) is 0 Å². The number of carboxylic acid groups (broad SMARTS) is 1. The average Bonchev–Trinajstić information content (AvgIpc) is 1.80. The lowest BCUT2D eigenvalue weighted by atomic mass is 10.4. The summed E-state index contributed by atoms with van der Waals surface area (Å²) in [6.45, 7) is 0.767. The van der Waals surface area contributed by atoms with E-state index in [2.05, 4.69) is 5.32 Å². The molecule has 54 valence electrons. The molecule has 0 saturated heterocycles. The number of hydroxylamine groups is 1. The molecule has 0 aliphatic rings. The molecular weight excluding hydrogens is 124 g/mol. The zero-order valence-corrected chi connectivity index (χ0v) is 4.92. The third kappa shape index (κ3) is 7.19. The van der Waals surface area contributed by atoms with E-state index >= 15 is 0 Å². The van der Waals surface area contributed by atoms with E-state index in [0.717, 1.165) is 0 Å². The maximum Gasteiger partial charge on any atom is 0.404 e. The van der Waals surface area contributed by atoms with Crippen LogP contribution in [0.25, 0.3) is 0 Å². The summed E-state index contributed by atoms with van der Waals surface area (Å²) < 4.78 is 0. The Morgan fingerprint density at radius 1 is 1.44 bits per heavy atom. The smallest absolute Gasteiger partial charge is 0.404 e. The van der Waals surface area contributed by atoms with Gasteiger partial charge >= 0.3 is 6.09 Å². The summed E-state index contributed by atoms with van der Waals surface area (Å²) in [6, 6.07) is 0. The molecule has 0 unspecified atom stereocenters. The molecule has 0 aromatic carbocycles. The Bertz CT molecular complexity index is 85.9. The molecule has 0 aliphatic carbocycles. The van der Waals surface area contributed by atoms with E-state index in [9.17, 15) is 4.79 Å². The quantitative estimate of drug-likeness (QED) is 0.312. The topological polar surface area (TPSA) is 81.6 Å². The van der Waals surface area contributed by atoms with Crippen molar-refractivity contribution in [3.8, 4) is 0 Å². The van der Waals surface area contributed by atoms with Gasteiger partial charge in [-0.3, -0.25) is 0 Å². The van der Waals surface area contributed by atoms with Crippen LogP contribution in [0.5, 0.6) is 0 Å². The first-order chi connectivity index (χ1) is 4.27. The SMILES string of the molecule is O=C(O)NCCCNO. The van der Waals surface area contributed by atoms with E-state index in [4.69, 9.17) is 10.3 Å². The van der Waals surface area contributed by atoms with Crippen molar-refractivity contribution in [1.82, 2.24) is 10.8 Å². The highest BCUT2D eigenvalue weighted by Gasteiger charge is 1.90. The van der Waals surface area contributed by atoms with Crippen LogP contribution in [0.2, 0.25) is 0 Å². The van der Waals surface area contributed by atoms with Crippen LogP contribution in [0.4, 0.5) is 4.79 Å². The van der Waals surface area contributed by atoms with Crippen molar-refractivity contribution in [1.29, 1.82) is 0 Å². The van der Waals surface area contributed by atoms with E-state index in [-0.39, 0.29) is 0 Å². The number of amides is 1. The lowest BCUT2D eigenvalue weighted by Gasteiger charge is -1.97. The van der Waals surface area contributed by atoms with Gasteiger partial charge in [-0.05, 0) is 6.42 Å². The van der Waals surface area contributed by atoms with Crippen LogP contribution in [-0.4, -0.2) is 29.5 Å². The van der Waals surface area contributed by atoms with Crippen LogP contribution in [-0.2, 0) is 0 Å². The van der Waals surface area contributed by atoms with Crippen molar-refractivity contribution in [3.05, 3.63) is 0 Å². The van der Waals surface area contributed by atoms with Crippen LogP contribution >= 0.6 is 0 Å². The van der Waals surface area contributed by atoms with E-state index in [1.807, 2.05) is 5.48 Å². The van der Waals surface area contributed by atoms with Gasteiger partial charge in [-0.2, -0.15) is 0 Å². The summed E-state index contributed by atoms with van der Waals surface area (Å²) >= 11 is 0. The van der Waals surface area contributed by atoms with Crippen molar-refractivity contribution in [2.75, 3.05) is 13.1 Å². The molecule has 0 aromatic rings. The number of rotatable bonds is 4. The van der Waals surface area contributed by atoms with Crippen LogP contribution in [0.15, 0.2) is 0 Å². The maximum atomic E-state index is 9.77. The van der Waals surface area contributed by atoms with Crippen molar-refractivity contribution in [2.24, 2.45) is 0 Å². The van der Waals surface area contributed by atoms with Gasteiger partial charge in [0.25, 0.3) is 0 Å². The summed E-state index contributed by atoms with van der Waals surface area (Å²) in [5, 5.41) is 18.2. The molecule has 5 nitrogen and oxygen atoms in total. The first-order valence-electron chi connectivity index (χ1n) is 2.61. The van der Waals surface area contributed by atoms with Crippen LogP contribution in [0, 0.1) is 0 Å². The number of hydrogen-bond donors (Lipinski definition) is 4. The highest BCUT2D eigenvalue weighted by atomic mass is 16.5. The van der Waals surface area contributed by atoms with Gasteiger partial charge in [0, 0.05) is 13.1 Å². The summed E-state index contributed by atoms with van der Waals surface area (Å²) in [5.74, 6) is 0. The molecule has 0 heterocycles. The van der Waals surface area contributed by atoms with Crippen LogP contribution < -0.4 is 10.8 Å². The van der Waals surface area contributed by atoms with Crippen LogP contribution in [0.1, 0.15) is 6.42 Å². The first-order valence-corrected chi connectivity index (χ1v) is 2.61. The Labute approximate surface area is 52.6 Å². The van der Waals surface area contributed by atoms with Gasteiger partial charge in [0.15, 0.2) is 0 Å². The number of hydrogen-bond acceptors (Lipinski definition) is 3. The van der Waals surface area contributed by atoms with Crippen molar-refractivity contribution in [2.45, 2.75) is 6.42 Å². The molecule has 0 aromatic heterocycles. The molecule has 4 N–H and O–H groups in total. The highest BCUT2D eigenvalue weighted by Crippen LogP contribution is 1.70. The largest absolute Gasteiger partial charge is 0.465 e. The second-order valence-electron chi connectivity index (χ2n) is 1.49. The fourth-order valence-electron chi connectivity index (χ4n) is 0.363. The fraction of sp³-hybridized carbons (Fsp3) is 0.750. The summed E-state index contributed by atoms with van der Waals surface area (Å²) in [6.07, 6.45) is -0.448. The van der Waals surface area contributed by atoms with Gasteiger partial charge in [-0.1, -0.05) is 0 Å². The molecule has 0 atom stereocenters. The van der Waals surface area contributed by atoms with E-state index in [1.54, 1.807) is 0 Å². The van der Waals surface area contributed by atoms with Crippen LogP contribution in [0.3, 0.4) is 0 Å². The zero-order valence-electron chi connectivity index (χ0n) is 4.92.